The average molecular weight is 1210 g/mol. The van der Waals surface area contributed by atoms with Crippen molar-refractivity contribution < 1.29 is 91.4 Å². The van der Waals surface area contributed by atoms with E-state index in [0.29, 0.717) is 0 Å². The van der Waals surface area contributed by atoms with Crippen molar-refractivity contribution in [2.75, 3.05) is 32.5 Å². The first-order valence-electron chi connectivity index (χ1n) is 28.1. The first-order valence-corrected chi connectivity index (χ1v) is 29.2. The number of nitrogens with two attached hydrogens (primary N) is 1. The van der Waals surface area contributed by atoms with Gasteiger partial charge in [-0.3, -0.25) is 48.1 Å². The Morgan fingerprint density at radius 3 is 2.07 bits per heavy atom. The molecule has 8 rings (SSSR count). The maximum Gasteiger partial charge on any atom is 0.350 e. The van der Waals surface area contributed by atoms with Crippen molar-refractivity contribution in [3.63, 3.8) is 0 Å². The van der Waals surface area contributed by atoms with Crippen LogP contribution in [0, 0.1) is 16.7 Å². The van der Waals surface area contributed by atoms with Crippen LogP contribution in [0.4, 0.5) is 0 Å². The van der Waals surface area contributed by atoms with E-state index in [0.717, 1.165) is 30.5 Å². The summed E-state index contributed by atoms with van der Waals surface area (Å²) in [5.74, 6) is -11.0. The second-order valence-corrected chi connectivity index (χ2v) is 24.0. The minimum atomic E-state index is -2.56. The van der Waals surface area contributed by atoms with Gasteiger partial charge in [0.1, 0.15) is 30.0 Å². The van der Waals surface area contributed by atoms with E-state index in [9.17, 15) is 53.4 Å². The van der Waals surface area contributed by atoms with Gasteiger partial charge in [-0.2, -0.15) is 0 Å². The molecule has 0 spiro atoms. The van der Waals surface area contributed by atoms with E-state index in [1.54, 1.807) is 54.6 Å². The van der Waals surface area contributed by atoms with Gasteiger partial charge in [0.15, 0.2) is 17.5 Å². The molecule has 460 valence electrons. The molecule has 25 heteroatoms. The van der Waals surface area contributed by atoms with Gasteiger partial charge in [-0.25, -0.2) is 9.59 Å². The zero-order valence-corrected chi connectivity index (χ0v) is 49.4. The molecule has 86 heavy (non-hydrogen) atoms. The van der Waals surface area contributed by atoms with E-state index in [-0.39, 0.29) is 65.3 Å². The van der Waals surface area contributed by atoms with Gasteiger partial charge in [-0.1, -0.05) is 80.6 Å². The minimum Gasteiger partial charge on any atom is -0.455 e. The number of hydrogen-bond acceptors (Lipinski definition) is 21. The van der Waals surface area contributed by atoms with Crippen LogP contribution in [0.3, 0.4) is 0 Å². The summed E-state index contributed by atoms with van der Waals surface area (Å²) in [7, 11) is 1.45. The highest BCUT2D eigenvalue weighted by molar-refractivity contribution is 8.00. The van der Waals surface area contributed by atoms with Crippen LogP contribution in [0.5, 0.6) is 0 Å². The van der Waals surface area contributed by atoms with E-state index in [2.05, 4.69) is 16.0 Å². The number of thioether (sulfide) groups is 1. The fraction of sp³-hybridized carbons (Fsp3) is 0.492. The molecule has 24 nitrogen and oxygen atoms in total. The van der Waals surface area contributed by atoms with Crippen molar-refractivity contribution in [3.05, 3.63) is 119 Å². The van der Waals surface area contributed by atoms with Gasteiger partial charge in [0.25, 0.3) is 5.91 Å². The third-order valence-electron chi connectivity index (χ3n) is 17.2. The largest absolute Gasteiger partial charge is 0.455 e. The molecule has 3 aliphatic carbocycles. The molecule has 3 aromatic rings. The predicted molar refractivity (Wildman–Crippen MR) is 303 cm³/mol. The number of benzene rings is 3. The van der Waals surface area contributed by atoms with Crippen molar-refractivity contribution in [1.29, 1.82) is 0 Å². The van der Waals surface area contributed by atoms with Crippen LogP contribution in [-0.4, -0.2) is 172 Å². The normalized spacial score (nSPS) is 28.3. The van der Waals surface area contributed by atoms with E-state index in [1.165, 1.54) is 71.1 Å². The lowest BCUT2D eigenvalue weighted by molar-refractivity contribution is -0.346. The van der Waals surface area contributed by atoms with E-state index in [1.807, 2.05) is 0 Å². The second-order valence-electron chi connectivity index (χ2n) is 22.8. The van der Waals surface area contributed by atoms with Crippen LogP contribution in [0.15, 0.2) is 102 Å². The lowest BCUT2D eigenvalue weighted by Crippen LogP contribution is -2.82. The molecular formula is C61H71N5O19S. The molecule has 0 radical (unpaired) electrons. The van der Waals surface area contributed by atoms with E-state index in [4.69, 9.17) is 34.2 Å². The molecule has 2 saturated carbocycles. The van der Waals surface area contributed by atoms with Crippen molar-refractivity contribution in [1.82, 2.24) is 20.9 Å². The van der Waals surface area contributed by atoms with Crippen molar-refractivity contribution in [2.45, 2.75) is 139 Å². The number of aliphatic hydroxyl groups is 2. The number of imide groups is 1. The summed E-state index contributed by atoms with van der Waals surface area (Å²) in [5.41, 5.74) is -2.09. The molecule has 4 fully saturated rings. The number of carbonyl (C=O) groups is 11. The SMILES string of the molecule is CNC(=O)CCNC(=O)[C@@H](N)CSC1CC(=O)N(CCC(=O)O[C@@H](C(=O)O[C@H]2C[C@@]3(O)[C@@H](OC(=O)c4ccccc4)C4[C@](C)(C(=O)[C@H](OC(C)=O)C(=C2C)C3(C)C)[C@@H](O)C[C@H]2OC[C@@]42OC(C)=O)[C@@H](NC(=O)c2ccccc2)c2ccccc2)C1=O. The topological polar surface area (TPSA) is 349 Å². The number of likely N-dealkylation sites (tertiary alicyclic amines) is 1. The van der Waals surface area contributed by atoms with Crippen LogP contribution in [0.1, 0.15) is 106 Å². The highest BCUT2D eigenvalue weighted by Crippen LogP contribution is 2.64. The summed E-state index contributed by atoms with van der Waals surface area (Å²) >= 11 is 0.954. The molecule has 2 unspecified atom stereocenters. The summed E-state index contributed by atoms with van der Waals surface area (Å²) in [6, 6.07) is 20.7. The fourth-order valence-electron chi connectivity index (χ4n) is 12.6. The lowest BCUT2D eigenvalue weighted by atomic mass is 9.44. The number of aliphatic hydroxyl groups excluding tert-OH is 1. The van der Waals surface area contributed by atoms with Gasteiger partial charge in [-0.15, -0.1) is 11.8 Å². The number of ketones is 1. The molecule has 2 heterocycles. The Bertz CT molecular complexity index is 3180. The second kappa shape index (κ2) is 26.0. The summed E-state index contributed by atoms with van der Waals surface area (Å²) in [4.78, 5) is 153. The van der Waals surface area contributed by atoms with Crippen LogP contribution in [0.2, 0.25) is 0 Å². The Hall–Kier alpha value is -7.84. The van der Waals surface area contributed by atoms with Crippen molar-refractivity contribution in [3.8, 4) is 0 Å². The van der Waals surface area contributed by atoms with Crippen LogP contribution in [-0.2, 0) is 71.6 Å². The molecule has 2 aliphatic heterocycles. The molecule has 13 atom stereocenters. The summed E-state index contributed by atoms with van der Waals surface area (Å²) < 4.78 is 36.9. The Morgan fingerprint density at radius 1 is 0.849 bits per heavy atom. The Morgan fingerprint density at radius 2 is 1.48 bits per heavy atom. The van der Waals surface area contributed by atoms with Gasteiger partial charge in [-0.05, 0) is 54.8 Å². The number of nitrogens with zero attached hydrogens (tertiary/aromatic N) is 1. The average Bonchev–Trinajstić information content (AvgIpc) is 0.730. The van der Waals surface area contributed by atoms with Gasteiger partial charge >= 0.3 is 29.8 Å². The van der Waals surface area contributed by atoms with Gasteiger partial charge in [0.05, 0.1) is 47.3 Å². The number of nitrogens with one attached hydrogen (secondary N) is 3. The van der Waals surface area contributed by atoms with Crippen LogP contribution in [0.25, 0.3) is 0 Å². The molecular weight excluding hydrogens is 1140 g/mol. The monoisotopic (exact) mass is 1210 g/mol. The zero-order valence-electron chi connectivity index (χ0n) is 48.6. The highest BCUT2D eigenvalue weighted by atomic mass is 32.2. The number of carbonyl (C=O) groups excluding carboxylic acids is 11. The third kappa shape index (κ3) is 12.5. The first kappa shape index (κ1) is 64.2. The number of Topliss-reactive ketones (excluding diaryl/α,β-unsaturated/α-hetero) is 1. The maximum atomic E-state index is 15.9. The summed E-state index contributed by atoms with van der Waals surface area (Å²) in [6.45, 7) is 7.06. The Balaban J connectivity index is 1.17. The maximum absolute atomic E-state index is 15.9. The number of hydrogen-bond donors (Lipinski definition) is 6. The summed E-state index contributed by atoms with van der Waals surface area (Å²) in [6.07, 6.45) is -12.5. The third-order valence-corrected chi connectivity index (χ3v) is 18.5. The van der Waals surface area contributed by atoms with Crippen molar-refractivity contribution >= 4 is 76.9 Å². The first-order chi connectivity index (χ1) is 40.7. The van der Waals surface area contributed by atoms with E-state index >= 15 is 9.59 Å². The molecule has 5 amide bonds. The number of ether oxygens (including phenoxy) is 6. The van der Waals surface area contributed by atoms with Gasteiger partial charge < -0.3 is 60.3 Å². The Labute approximate surface area is 499 Å². The quantitative estimate of drug-likeness (QED) is 0.0385. The molecule has 2 saturated heterocycles. The zero-order chi connectivity index (χ0) is 62.6. The standard InChI is InChI=1S/C61H71N5O19S/c1-32-39(29-61(79)52(84-56(77)37-21-15-10-16-22-37)50-59(6,41(69)28-42-60(50,31-80-42)85-34(3)68)51(73)48(81-33(2)67)46(32)58(61,4)5)82-57(78)49(47(35-17-11-8-12-18-35)65-53(74)36-19-13-9-14-20-36)83-45(72)24-26-66-44(71)27-40(55(66)76)86-30-38(62)54(75)64-25-23-43(70)63-7/h8-22,38-42,47-50,52,69,79H,23-31,62H2,1-7H3,(H,63,70)(H,64,75)(H,65,74)/t38-,39-,40?,41-,42+,47-,48+,49+,50?,52-,59+,60-,61+/m0/s1. The molecule has 5 aliphatic rings. The van der Waals surface area contributed by atoms with E-state index < -0.39 is 167 Å². The fourth-order valence-corrected chi connectivity index (χ4v) is 13.7. The lowest BCUT2D eigenvalue weighted by Gasteiger charge is -2.67. The molecule has 3 aromatic carbocycles. The highest BCUT2D eigenvalue weighted by Gasteiger charge is 2.78. The number of esters is 5. The molecule has 2 bridgehead atoms. The van der Waals surface area contributed by atoms with Crippen LogP contribution >= 0.6 is 11.8 Å². The Kier molecular flexibility index (Phi) is 19.4. The predicted octanol–water partition coefficient (Wildman–Crippen LogP) is 2.12. The smallest absolute Gasteiger partial charge is 0.350 e. The number of fused-ring (bicyclic) bond motifs is 5. The molecule has 7 N–H and O–H groups in total. The van der Waals surface area contributed by atoms with Crippen LogP contribution < -0.4 is 21.7 Å². The van der Waals surface area contributed by atoms with Crippen molar-refractivity contribution in [2.24, 2.45) is 22.5 Å². The number of amides is 5. The minimum absolute atomic E-state index is 0.00301. The van der Waals surface area contributed by atoms with Gasteiger partial charge in [0.2, 0.25) is 29.7 Å². The molecule has 0 aromatic heterocycles. The number of rotatable bonds is 21. The summed E-state index contributed by atoms with van der Waals surface area (Å²) in [5, 5.41) is 33.2. The van der Waals surface area contributed by atoms with Gasteiger partial charge in [0, 0.05) is 76.4 Å².